The van der Waals surface area contributed by atoms with E-state index >= 15 is 0 Å². The molecule has 0 spiro atoms. The molecule has 0 unspecified atom stereocenters. The van der Waals surface area contributed by atoms with E-state index in [9.17, 15) is 9.59 Å². The fourth-order valence-electron chi connectivity index (χ4n) is 3.82. The maximum absolute atomic E-state index is 12.5. The number of nitrogens with one attached hydrogen (secondary N) is 4. The van der Waals surface area contributed by atoms with Crippen molar-refractivity contribution in [1.29, 1.82) is 0 Å². The van der Waals surface area contributed by atoms with Crippen molar-refractivity contribution in [1.82, 2.24) is 10.6 Å². The molecule has 0 radical (unpaired) electrons. The number of urea groups is 2. The Morgan fingerprint density at radius 3 is 1.87 bits per heavy atom. The zero-order chi connectivity index (χ0) is 22.2. The van der Waals surface area contributed by atoms with Crippen LogP contribution in [-0.2, 0) is 0 Å². The van der Waals surface area contributed by atoms with Crippen molar-refractivity contribution in [2.75, 3.05) is 24.9 Å². The summed E-state index contributed by atoms with van der Waals surface area (Å²) < 4.78 is 10.5. The number of carbonyl (C=O) groups excluding carboxylic acids is 2. The predicted molar refractivity (Wildman–Crippen MR) is 121 cm³/mol. The molecule has 1 aliphatic carbocycles. The number of benzene rings is 2. The standard InChI is InChI=1S/C23H30N4O4/c1-15-12-13-16(24-22(28)25-17-8-4-6-10-20(17)30-2)14-19(15)27-23(29)26-18-9-5-7-11-21(18)31-3/h4-11,15-16,19H,12-14H2,1-3H3,(H2,24,25,28)(H2,26,27,29)/t15-,16-,19-/m0/s1. The Kier molecular flexibility index (Phi) is 7.59. The van der Waals surface area contributed by atoms with Crippen molar-refractivity contribution in [2.45, 2.75) is 38.3 Å². The molecule has 3 rings (SSSR count). The number of amides is 4. The van der Waals surface area contributed by atoms with Gasteiger partial charge in [0.05, 0.1) is 25.6 Å². The van der Waals surface area contributed by atoms with E-state index in [1.54, 1.807) is 38.5 Å². The Hall–Kier alpha value is -3.42. The smallest absolute Gasteiger partial charge is 0.319 e. The Balaban J connectivity index is 1.54. The zero-order valence-corrected chi connectivity index (χ0v) is 18.1. The number of para-hydroxylation sites is 4. The number of hydrogen-bond acceptors (Lipinski definition) is 4. The number of hydrogen-bond donors (Lipinski definition) is 4. The first kappa shape index (κ1) is 22.3. The van der Waals surface area contributed by atoms with Crippen molar-refractivity contribution in [3.63, 3.8) is 0 Å². The molecule has 0 saturated heterocycles. The van der Waals surface area contributed by atoms with Gasteiger partial charge in [-0.15, -0.1) is 0 Å². The van der Waals surface area contributed by atoms with Crippen LogP contribution < -0.4 is 30.7 Å². The normalized spacial score (nSPS) is 20.3. The minimum absolute atomic E-state index is 0.0394. The van der Waals surface area contributed by atoms with Gasteiger partial charge in [0, 0.05) is 12.1 Å². The van der Waals surface area contributed by atoms with Crippen LogP contribution in [0.3, 0.4) is 0 Å². The lowest BCUT2D eigenvalue weighted by Crippen LogP contribution is -2.50. The first-order valence-electron chi connectivity index (χ1n) is 10.4. The summed E-state index contributed by atoms with van der Waals surface area (Å²) in [6.45, 7) is 2.11. The van der Waals surface area contributed by atoms with Crippen molar-refractivity contribution in [3.8, 4) is 11.5 Å². The van der Waals surface area contributed by atoms with Gasteiger partial charge in [0.1, 0.15) is 11.5 Å². The van der Waals surface area contributed by atoms with Gasteiger partial charge in [-0.3, -0.25) is 0 Å². The highest BCUT2D eigenvalue weighted by Gasteiger charge is 2.30. The Bertz CT molecular complexity index is 905. The van der Waals surface area contributed by atoms with Crippen LogP contribution in [0.1, 0.15) is 26.2 Å². The number of carbonyl (C=O) groups is 2. The maximum Gasteiger partial charge on any atom is 0.319 e. The molecule has 3 atom stereocenters. The van der Waals surface area contributed by atoms with E-state index in [1.807, 2.05) is 24.3 Å². The van der Waals surface area contributed by atoms with E-state index in [-0.39, 0.29) is 24.1 Å². The minimum Gasteiger partial charge on any atom is -0.495 e. The van der Waals surface area contributed by atoms with E-state index in [0.29, 0.717) is 35.2 Å². The van der Waals surface area contributed by atoms with Gasteiger partial charge in [0.2, 0.25) is 0 Å². The second-order valence-corrected chi connectivity index (χ2v) is 7.69. The predicted octanol–water partition coefficient (Wildman–Crippen LogP) is 4.20. The van der Waals surface area contributed by atoms with Gasteiger partial charge in [-0.2, -0.15) is 0 Å². The monoisotopic (exact) mass is 426 g/mol. The lowest BCUT2D eigenvalue weighted by Gasteiger charge is -2.35. The highest BCUT2D eigenvalue weighted by atomic mass is 16.5. The van der Waals surface area contributed by atoms with Crippen LogP contribution in [0.4, 0.5) is 21.0 Å². The molecule has 0 aromatic heterocycles. The molecular formula is C23H30N4O4. The topological polar surface area (TPSA) is 101 Å². The van der Waals surface area contributed by atoms with E-state index in [2.05, 4.69) is 28.2 Å². The highest BCUT2D eigenvalue weighted by Crippen LogP contribution is 2.27. The minimum atomic E-state index is -0.291. The molecule has 2 aromatic carbocycles. The van der Waals surface area contributed by atoms with Gasteiger partial charge in [0.15, 0.2) is 0 Å². The number of rotatable bonds is 6. The fourth-order valence-corrected chi connectivity index (χ4v) is 3.82. The number of ether oxygens (including phenoxy) is 2. The van der Waals surface area contributed by atoms with Crippen LogP contribution in [-0.4, -0.2) is 38.4 Å². The second kappa shape index (κ2) is 10.6. The molecule has 4 amide bonds. The molecular weight excluding hydrogens is 396 g/mol. The van der Waals surface area contributed by atoms with Crippen LogP contribution in [0, 0.1) is 5.92 Å². The Labute approximate surface area is 182 Å². The molecule has 0 heterocycles. The summed E-state index contributed by atoms with van der Waals surface area (Å²) in [4.78, 5) is 25.0. The van der Waals surface area contributed by atoms with Crippen molar-refractivity contribution in [2.24, 2.45) is 5.92 Å². The summed E-state index contributed by atoms with van der Waals surface area (Å²) in [5.74, 6) is 1.50. The summed E-state index contributed by atoms with van der Waals surface area (Å²) in [5.41, 5.74) is 1.22. The molecule has 4 N–H and O–H groups in total. The van der Waals surface area contributed by atoms with Gasteiger partial charge in [-0.1, -0.05) is 31.2 Å². The maximum atomic E-state index is 12.5. The highest BCUT2D eigenvalue weighted by molar-refractivity contribution is 5.92. The molecule has 1 aliphatic rings. The summed E-state index contributed by atoms with van der Waals surface area (Å²) in [7, 11) is 3.13. The van der Waals surface area contributed by atoms with Gasteiger partial charge in [0.25, 0.3) is 0 Å². The second-order valence-electron chi connectivity index (χ2n) is 7.69. The van der Waals surface area contributed by atoms with Gasteiger partial charge in [-0.05, 0) is 49.4 Å². The van der Waals surface area contributed by atoms with Gasteiger partial charge >= 0.3 is 12.1 Å². The average Bonchev–Trinajstić information content (AvgIpc) is 2.76. The SMILES string of the molecule is COc1ccccc1NC(=O)N[C@H]1CC[C@H](C)[C@@H](NC(=O)Nc2ccccc2OC)C1. The summed E-state index contributed by atoms with van der Waals surface area (Å²) in [6.07, 6.45) is 2.41. The molecule has 2 aromatic rings. The van der Waals surface area contributed by atoms with Crippen LogP contribution in [0.15, 0.2) is 48.5 Å². The third-order valence-electron chi connectivity index (χ3n) is 5.56. The third kappa shape index (κ3) is 6.04. The Morgan fingerprint density at radius 2 is 1.32 bits per heavy atom. The van der Waals surface area contributed by atoms with Crippen LogP contribution in [0.2, 0.25) is 0 Å². The first-order chi connectivity index (χ1) is 15.0. The van der Waals surface area contributed by atoms with E-state index < -0.39 is 0 Å². The molecule has 8 nitrogen and oxygen atoms in total. The first-order valence-corrected chi connectivity index (χ1v) is 10.4. The summed E-state index contributed by atoms with van der Waals surface area (Å²) in [5, 5.41) is 11.7. The van der Waals surface area contributed by atoms with E-state index in [4.69, 9.17) is 9.47 Å². The molecule has 1 fully saturated rings. The van der Waals surface area contributed by atoms with Crippen molar-refractivity contribution < 1.29 is 19.1 Å². The lowest BCUT2D eigenvalue weighted by atomic mass is 9.83. The van der Waals surface area contributed by atoms with Gasteiger partial charge in [-0.25, -0.2) is 9.59 Å². The van der Waals surface area contributed by atoms with Crippen LogP contribution in [0.5, 0.6) is 11.5 Å². The van der Waals surface area contributed by atoms with Gasteiger partial charge < -0.3 is 30.7 Å². The summed E-state index contributed by atoms with van der Waals surface area (Å²) in [6, 6.07) is 13.8. The number of anilines is 2. The van der Waals surface area contributed by atoms with E-state index in [1.165, 1.54) is 0 Å². The number of methoxy groups -OCH3 is 2. The zero-order valence-electron chi connectivity index (χ0n) is 18.1. The quantitative estimate of drug-likeness (QED) is 0.556. The lowest BCUT2D eigenvalue weighted by molar-refractivity contribution is 0.213. The summed E-state index contributed by atoms with van der Waals surface area (Å²) >= 11 is 0. The molecule has 31 heavy (non-hydrogen) atoms. The molecule has 8 heteroatoms. The third-order valence-corrected chi connectivity index (χ3v) is 5.56. The average molecular weight is 427 g/mol. The van der Waals surface area contributed by atoms with Crippen LogP contribution >= 0.6 is 0 Å². The van der Waals surface area contributed by atoms with Crippen molar-refractivity contribution >= 4 is 23.4 Å². The van der Waals surface area contributed by atoms with Crippen LogP contribution in [0.25, 0.3) is 0 Å². The molecule has 0 aliphatic heterocycles. The molecule has 166 valence electrons. The largest absolute Gasteiger partial charge is 0.495 e. The Morgan fingerprint density at radius 1 is 0.806 bits per heavy atom. The fraction of sp³-hybridized carbons (Fsp3) is 0.391. The van der Waals surface area contributed by atoms with Crippen molar-refractivity contribution in [3.05, 3.63) is 48.5 Å². The van der Waals surface area contributed by atoms with E-state index in [0.717, 1.165) is 12.8 Å². The molecule has 1 saturated carbocycles. The molecule has 0 bridgehead atoms.